The molecule has 2 aromatic rings. The van der Waals surface area contributed by atoms with Gasteiger partial charge in [-0.05, 0) is 35.7 Å². The number of hydrogen-bond acceptors (Lipinski definition) is 2. The van der Waals surface area contributed by atoms with Crippen LogP contribution in [0.2, 0.25) is 0 Å². The van der Waals surface area contributed by atoms with Gasteiger partial charge < -0.3 is 10.2 Å². The van der Waals surface area contributed by atoms with Crippen LogP contribution in [0.4, 0.5) is 9.18 Å². The van der Waals surface area contributed by atoms with E-state index in [4.69, 9.17) is 0 Å². The second-order valence-electron chi connectivity index (χ2n) is 6.47. The third kappa shape index (κ3) is 4.79. The van der Waals surface area contributed by atoms with Crippen molar-refractivity contribution in [2.45, 2.75) is 20.0 Å². The zero-order chi connectivity index (χ0) is 17.6. The Morgan fingerprint density at radius 2 is 1.72 bits per heavy atom. The predicted octanol–water partition coefficient (Wildman–Crippen LogP) is 3.16. The first-order valence-corrected chi connectivity index (χ1v) is 8.66. The molecule has 2 aromatic carbocycles. The second kappa shape index (κ2) is 8.12. The first-order valence-electron chi connectivity index (χ1n) is 8.66. The summed E-state index contributed by atoms with van der Waals surface area (Å²) in [6, 6.07) is 14.7. The summed E-state index contributed by atoms with van der Waals surface area (Å²) >= 11 is 0. The summed E-state index contributed by atoms with van der Waals surface area (Å²) in [6.07, 6.45) is 0. The molecule has 25 heavy (non-hydrogen) atoms. The molecule has 0 aromatic heterocycles. The molecule has 1 heterocycles. The van der Waals surface area contributed by atoms with Crippen LogP contribution in [0.25, 0.3) is 0 Å². The van der Waals surface area contributed by atoms with Gasteiger partial charge in [0, 0.05) is 39.3 Å². The zero-order valence-electron chi connectivity index (χ0n) is 14.5. The maximum atomic E-state index is 13.0. The molecule has 5 heteroatoms. The molecule has 0 radical (unpaired) electrons. The number of nitrogens with one attached hydrogen (secondary N) is 1. The topological polar surface area (TPSA) is 35.6 Å². The predicted molar refractivity (Wildman–Crippen MR) is 96.7 cm³/mol. The van der Waals surface area contributed by atoms with Crippen LogP contribution in [0.5, 0.6) is 0 Å². The quantitative estimate of drug-likeness (QED) is 0.927. The number of hydrogen-bond donors (Lipinski definition) is 1. The fourth-order valence-corrected chi connectivity index (χ4v) is 3.05. The Labute approximate surface area is 148 Å². The van der Waals surface area contributed by atoms with Crippen LogP contribution in [0.1, 0.15) is 16.7 Å². The molecular weight excluding hydrogens is 317 g/mol. The lowest BCUT2D eigenvalue weighted by Crippen LogP contribution is -2.51. The van der Waals surface area contributed by atoms with Crippen molar-refractivity contribution in [1.29, 1.82) is 0 Å². The number of carbonyl (C=O) groups is 1. The number of rotatable bonds is 4. The number of nitrogens with zero attached hydrogens (tertiary/aromatic N) is 2. The molecule has 2 amide bonds. The smallest absolute Gasteiger partial charge is 0.317 e. The standard InChI is InChI=1S/C20H24FN3O/c1-16-4-2-3-5-18(16)14-22-20(25)24-12-10-23(11-13-24)15-17-6-8-19(21)9-7-17/h2-9H,10-15H2,1H3,(H,22,25). The molecule has 1 fully saturated rings. The number of urea groups is 1. The van der Waals surface area contributed by atoms with Gasteiger partial charge in [-0.25, -0.2) is 9.18 Å². The van der Waals surface area contributed by atoms with E-state index in [-0.39, 0.29) is 11.8 Å². The fraction of sp³-hybridized carbons (Fsp3) is 0.350. The van der Waals surface area contributed by atoms with Gasteiger partial charge in [-0.15, -0.1) is 0 Å². The van der Waals surface area contributed by atoms with Crippen LogP contribution < -0.4 is 5.32 Å². The molecule has 0 bridgehead atoms. The summed E-state index contributed by atoms with van der Waals surface area (Å²) in [5, 5.41) is 3.01. The van der Waals surface area contributed by atoms with Crippen molar-refractivity contribution in [2.75, 3.05) is 26.2 Å². The van der Waals surface area contributed by atoms with E-state index in [0.717, 1.165) is 30.8 Å². The largest absolute Gasteiger partial charge is 0.334 e. The zero-order valence-corrected chi connectivity index (χ0v) is 14.5. The van der Waals surface area contributed by atoms with Gasteiger partial charge in [0.2, 0.25) is 0 Å². The lowest BCUT2D eigenvalue weighted by atomic mass is 10.1. The van der Waals surface area contributed by atoms with E-state index in [1.54, 1.807) is 0 Å². The Kier molecular flexibility index (Phi) is 5.66. The Hall–Kier alpha value is -2.40. The minimum absolute atomic E-state index is 0.00955. The average molecular weight is 341 g/mol. The summed E-state index contributed by atoms with van der Waals surface area (Å²) in [5.74, 6) is -0.209. The van der Waals surface area contributed by atoms with Crippen molar-refractivity contribution in [3.63, 3.8) is 0 Å². The molecule has 0 atom stereocenters. The normalized spacial score (nSPS) is 15.2. The van der Waals surface area contributed by atoms with Gasteiger partial charge in [-0.2, -0.15) is 0 Å². The molecule has 3 rings (SSSR count). The van der Waals surface area contributed by atoms with Gasteiger partial charge in [0.25, 0.3) is 0 Å². The van der Waals surface area contributed by atoms with E-state index in [9.17, 15) is 9.18 Å². The highest BCUT2D eigenvalue weighted by atomic mass is 19.1. The molecule has 1 aliphatic rings. The summed E-state index contributed by atoms with van der Waals surface area (Å²) < 4.78 is 13.0. The fourth-order valence-electron chi connectivity index (χ4n) is 3.05. The number of amides is 2. The van der Waals surface area contributed by atoms with Crippen LogP contribution in [0.15, 0.2) is 48.5 Å². The Morgan fingerprint density at radius 3 is 2.40 bits per heavy atom. The number of piperazine rings is 1. The summed E-state index contributed by atoms with van der Waals surface area (Å²) in [5.41, 5.74) is 3.43. The van der Waals surface area contributed by atoms with E-state index in [0.29, 0.717) is 19.6 Å². The van der Waals surface area contributed by atoms with Crippen molar-refractivity contribution >= 4 is 6.03 Å². The van der Waals surface area contributed by atoms with E-state index < -0.39 is 0 Å². The van der Waals surface area contributed by atoms with Gasteiger partial charge in [0.15, 0.2) is 0 Å². The lowest BCUT2D eigenvalue weighted by Gasteiger charge is -2.34. The minimum atomic E-state index is -0.209. The van der Waals surface area contributed by atoms with E-state index >= 15 is 0 Å². The average Bonchev–Trinajstić information content (AvgIpc) is 2.63. The van der Waals surface area contributed by atoms with Crippen molar-refractivity contribution in [2.24, 2.45) is 0 Å². The molecule has 1 N–H and O–H groups in total. The Morgan fingerprint density at radius 1 is 1.04 bits per heavy atom. The van der Waals surface area contributed by atoms with Crippen molar-refractivity contribution in [1.82, 2.24) is 15.1 Å². The third-order valence-electron chi connectivity index (χ3n) is 4.67. The Bertz CT molecular complexity index is 709. The third-order valence-corrected chi connectivity index (χ3v) is 4.67. The van der Waals surface area contributed by atoms with Crippen LogP contribution in [0, 0.1) is 12.7 Å². The molecule has 0 spiro atoms. The molecule has 132 valence electrons. The highest BCUT2D eigenvalue weighted by Crippen LogP contribution is 2.10. The molecule has 0 aliphatic carbocycles. The number of aryl methyl sites for hydroxylation is 1. The van der Waals surface area contributed by atoms with Crippen LogP contribution >= 0.6 is 0 Å². The maximum Gasteiger partial charge on any atom is 0.317 e. The molecule has 4 nitrogen and oxygen atoms in total. The molecular formula is C20H24FN3O. The van der Waals surface area contributed by atoms with Gasteiger partial charge >= 0.3 is 6.03 Å². The summed E-state index contributed by atoms with van der Waals surface area (Å²) in [4.78, 5) is 16.5. The second-order valence-corrected chi connectivity index (χ2v) is 6.47. The first-order chi connectivity index (χ1) is 12.1. The molecule has 0 unspecified atom stereocenters. The summed E-state index contributed by atoms with van der Waals surface area (Å²) in [7, 11) is 0. The van der Waals surface area contributed by atoms with Crippen molar-refractivity contribution < 1.29 is 9.18 Å². The highest BCUT2D eigenvalue weighted by Gasteiger charge is 2.20. The minimum Gasteiger partial charge on any atom is -0.334 e. The van der Waals surface area contributed by atoms with E-state index in [1.165, 1.54) is 17.7 Å². The molecule has 1 aliphatic heterocycles. The van der Waals surface area contributed by atoms with Gasteiger partial charge in [0.1, 0.15) is 5.82 Å². The van der Waals surface area contributed by atoms with Gasteiger partial charge in [-0.3, -0.25) is 4.90 Å². The van der Waals surface area contributed by atoms with Crippen molar-refractivity contribution in [3.05, 3.63) is 71.0 Å². The van der Waals surface area contributed by atoms with Crippen LogP contribution in [-0.2, 0) is 13.1 Å². The monoisotopic (exact) mass is 341 g/mol. The Balaban J connectivity index is 1.44. The highest BCUT2D eigenvalue weighted by molar-refractivity contribution is 5.74. The SMILES string of the molecule is Cc1ccccc1CNC(=O)N1CCN(Cc2ccc(F)cc2)CC1. The van der Waals surface area contributed by atoms with E-state index in [2.05, 4.69) is 23.2 Å². The molecule has 1 saturated heterocycles. The van der Waals surface area contributed by atoms with Crippen LogP contribution in [-0.4, -0.2) is 42.0 Å². The maximum absolute atomic E-state index is 13.0. The van der Waals surface area contributed by atoms with Crippen LogP contribution in [0.3, 0.4) is 0 Å². The van der Waals surface area contributed by atoms with Gasteiger partial charge in [0.05, 0.1) is 0 Å². The number of halogens is 1. The number of benzene rings is 2. The molecule has 0 saturated carbocycles. The van der Waals surface area contributed by atoms with Crippen molar-refractivity contribution in [3.8, 4) is 0 Å². The van der Waals surface area contributed by atoms with Gasteiger partial charge in [-0.1, -0.05) is 36.4 Å². The van der Waals surface area contributed by atoms with E-state index in [1.807, 2.05) is 35.2 Å². The lowest BCUT2D eigenvalue weighted by molar-refractivity contribution is 0.135. The number of carbonyl (C=O) groups excluding carboxylic acids is 1. The summed E-state index contributed by atoms with van der Waals surface area (Å²) in [6.45, 7) is 6.47. The first kappa shape index (κ1) is 17.4.